The van der Waals surface area contributed by atoms with Crippen molar-refractivity contribution in [3.8, 4) is 11.5 Å². The van der Waals surface area contributed by atoms with Crippen LogP contribution in [0.1, 0.15) is 39.7 Å². The predicted octanol–water partition coefficient (Wildman–Crippen LogP) is 4.32. The van der Waals surface area contributed by atoms with E-state index in [1.807, 2.05) is 25.1 Å². The number of hydrogen-bond acceptors (Lipinski definition) is 2. The molecule has 2 nitrogen and oxygen atoms in total. The summed E-state index contributed by atoms with van der Waals surface area (Å²) in [4.78, 5) is 0. The van der Waals surface area contributed by atoms with E-state index < -0.39 is 0 Å². The van der Waals surface area contributed by atoms with E-state index >= 15 is 0 Å². The van der Waals surface area contributed by atoms with Crippen LogP contribution in [-0.2, 0) is 0 Å². The van der Waals surface area contributed by atoms with Crippen LogP contribution in [0.15, 0.2) is 18.2 Å². The number of rotatable bonds is 6. The maximum Gasteiger partial charge on any atom is 0.123 e. The molecule has 0 saturated carbocycles. The largest absolute Gasteiger partial charge is 0.494 e. The zero-order valence-electron chi connectivity index (χ0n) is 12.2. The maximum atomic E-state index is 5.85. The lowest BCUT2D eigenvalue weighted by atomic mass is 9.92. The summed E-state index contributed by atoms with van der Waals surface area (Å²) in [6, 6.07) is 6.04. The molecule has 0 aliphatic rings. The van der Waals surface area contributed by atoms with Crippen LogP contribution in [0.4, 0.5) is 0 Å². The third-order valence-corrected chi connectivity index (χ3v) is 2.92. The van der Waals surface area contributed by atoms with Crippen LogP contribution in [0.5, 0.6) is 11.5 Å². The summed E-state index contributed by atoms with van der Waals surface area (Å²) in [5.41, 5.74) is 1.38. The topological polar surface area (TPSA) is 18.5 Å². The molecule has 0 atom stereocenters. The molecule has 0 aromatic heterocycles. The molecule has 0 unspecified atom stereocenters. The fourth-order valence-electron chi connectivity index (χ4n) is 1.43. The van der Waals surface area contributed by atoms with E-state index in [1.54, 1.807) is 0 Å². The molecule has 0 aliphatic heterocycles. The zero-order chi connectivity index (χ0) is 12.9. The number of hydrogen-bond donors (Lipinski definition) is 0. The first-order valence-corrected chi connectivity index (χ1v) is 6.34. The molecular weight excluding hydrogens is 244 g/mol. The minimum Gasteiger partial charge on any atom is -0.494 e. The van der Waals surface area contributed by atoms with E-state index in [2.05, 4.69) is 27.7 Å². The monoisotopic (exact) mass is 270 g/mol. The SMILES string of the molecule is CCOc1cc(C)cc(OCC(C)(C)CC)c1.S. The number of benzene rings is 1. The minimum absolute atomic E-state index is 0. The van der Waals surface area contributed by atoms with Crippen molar-refractivity contribution in [1.82, 2.24) is 0 Å². The van der Waals surface area contributed by atoms with E-state index in [1.165, 1.54) is 5.56 Å². The smallest absolute Gasteiger partial charge is 0.123 e. The number of ether oxygens (including phenoxy) is 2. The van der Waals surface area contributed by atoms with Crippen molar-refractivity contribution < 1.29 is 9.47 Å². The normalized spacial score (nSPS) is 10.7. The quantitative estimate of drug-likeness (QED) is 0.766. The molecule has 1 aromatic carbocycles. The summed E-state index contributed by atoms with van der Waals surface area (Å²) in [5.74, 6) is 1.78. The first-order chi connectivity index (χ1) is 7.96. The average Bonchev–Trinajstić information content (AvgIpc) is 2.26. The third-order valence-electron chi connectivity index (χ3n) is 2.92. The van der Waals surface area contributed by atoms with Gasteiger partial charge in [0.2, 0.25) is 0 Å². The molecular formula is C15H26O2S. The third kappa shape index (κ3) is 5.67. The van der Waals surface area contributed by atoms with Crippen molar-refractivity contribution in [2.45, 2.75) is 41.0 Å². The Morgan fingerprint density at radius 2 is 1.56 bits per heavy atom. The maximum absolute atomic E-state index is 5.85. The summed E-state index contributed by atoms with van der Waals surface area (Å²) in [5, 5.41) is 0. The van der Waals surface area contributed by atoms with Gasteiger partial charge in [0.1, 0.15) is 11.5 Å². The predicted molar refractivity (Wildman–Crippen MR) is 82.3 cm³/mol. The fourth-order valence-corrected chi connectivity index (χ4v) is 1.43. The molecule has 0 amide bonds. The Labute approximate surface area is 118 Å². The molecule has 0 N–H and O–H groups in total. The second kappa shape index (κ2) is 7.57. The Morgan fingerprint density at radius 1 is 1.00 bits per heavy atom. The van der Waals surface area contributed by atoms with E-state index in [9.17, 15) is 0 Å². The second-order valence-electron chi connectivity index (χ2n) is 5.22. The lowest BCUT2D eigenvalue weighted by Gasteiger charge is -2.23. The highest BCUT2D eigenvalue weighted by molar-refractivity contribution is 7.59. The Bertz CT molecular complexity index is 362. The fraction of sp³-hybridized carbons (Fsp3) is 0.600. The van der Waals surface area contributed by atoms with Crippen molar-refractivity contribution in [3.63, 3.8) is 0 Å². The van der Waals surface area contributed by atoms with Crippen LogP contribution in [0.25, 0.3) is 0 Å². The van der Waals surface area contributed by atoms with Crippen molar-refractivity contribution in [2.24, 2.45) is 5.41 Å². The van der Waals surface area contributed by atoms with Crippen molar-refractivity contribution in [3.05, 3.63) is 23.8 Å². The summed E-state index contributed by atoms with van der Waals surface area (Å²) in [6.07, 6.45) is 1.11. The van der Waals surface area contributed by atoms with Crippen LogP contribution in [-0.4, -0.2) is 13.2 Å². The van der Waals surface area contributed by atoms with E-state index in [-0.39, 0.29) is 18.9 Å². The summed E-state index contributed by atoms with van der Waals surface area (Å²) < 4.78 is 11.4. The van der Waals surface area contributed by atoms with Crippen LogP contribution in [0.3, 0.4) is 0 Å². The van der Waals surface area contributed by atoms with Gasteiger partial charge in [0, 0.05) is 6.07 Å². The van der Waals surface area contributed by atoms with Gasteiger partial charge >= 0.3 is 0 Å². The van der Waals surface area contributed by atoms with Gasteiger partial charge in [0.05, 0.1) is 13.2 Å². The van der Waals surface area contributed by atoms with Gasteiger partial charge in [0.25, 0.3) is 0 Å². The number of aryl methyl sites for hydroxylation is 1. The highest BCUT2D eigenvalue weighted by Gasteiger charge is 2.16. The molecule has 0 aliphatic carbocycles. The van der Waals surface area contributed by atoms with Gasteiger partial charge in [-0.2, -0.15) is 13.5 Å². The molecule has 18 heavy (non-hydrogen) atoms. The summed E-state index contributed by atoms with van der Waals surface area (Å²) >= 11 is 0. The minimum atomic E-state index is 0. The first kappa shape index (κ1) is 17.2. The Kier molecular flexibility index (Phi) is 7.22. The molecule has 1 rings (SSSR count). The molecule has 0 spiro atoms. The van der Waals surface area contributed by atoms with E-state index in [4.69, 9.17) is 9.47 Å². The lowest BCUT2D eigenvalue weighted by molar-refractivity contribution is 0.175. The van der Waals surface area contributed by atoms with E-state index in [0.717, 1.165) is 24.5 Å². The van der Waals surface area contributed by atoms with E-state index in [0.29, 0.717) is 6.61 Å². The highest BCUT2D eigenvalue weighted by Crippen LogP contribution is 2.26. The van der Waals surface area contributed by atoms with Crippen LogP contribution in [0, 0.1) is 12.3 Å². The summed E-state index contributed by atoms with van der Waals surface area (Å²) in [6.45, 7) is 12.1. The Hall–Kier alpha value is -0.830. The second-order valence-corrected chi connectivity index (χ2v) is 5.22. The lowest BCUT2D eigenvalue weighted by Crippen LogP contribution is -2.20. The Balaban J connectivity index is 0.00000289. The molecule has 104 valence electrons. The van der Waals surface area contributed by atoms with Gasteiger partial charge in [-0.1, -0.05) is 20.8 Å². The molecule has 0 heterocycles. The van der Waals surface area contributed by atoms with Gasteiger partial charge in [-0.05, 0) is 43.4 Å². The molecule has 0 radical (unpaired) electrons. The van der Waals surface area contributed by atoms with Gasteiger partial charge in [0.15, 0.2) is 0 Å². The highest BCUT2D eigenvalue weighted by atomic mass is 32.1. The molecule has 0 bridgehead atoms. The van der Waals surface area contributed by atoms with Gasteiger partial charge in [-0.3, -0.25) is 0 Å². The van der Waals surface area contributed by atoms with Gasteiger partial charge in [-0.25, -0.2) is 0 Å². The van der Waals surface area contributed by atoms with Crippen molar-refractivity contribution in [1.29, 1.82) is 0 Å². The van der Waals surface area contributed by atoms with Gasteiger partial charge in [-0.15, -0.1) is 0 Å². The van der Waals surface area contributed by atoms with Crippen LogP contribution >= 0.6 is 13.5 Å². The molecule has 1 aromatic rings. The molecule has 0 fully saturated rings. The average molecular weight is 270 g/mol. The van der Waals surface area contributed by atoms with Crippen LogP contribution < -0.4 is 9.47 Å². The Morgan fingerprint density at radius 3 is 2.06 bits per heavy atom. The zero-order valence-corrected chi connectivity index (χ0v) is 13.2. The molecule has 3 heteroatoms. The van der Waals surface area contributed by atoms with Crippen molar-refractivity contribution in [2.75, 3.05) is 13.2 Å². The summed E-state index contributed by atoms with van der Waals surface area (Å²) in [7, 11) is 0. The first-order valence-electron chi connectivity index (χ1n) is 6.34. The van der Waals surface area contributed by atoms with Crippen molar-refractivity contribution >= 4 is 13.5 Å². The van der Waals surface area contributed by atoms with Crippen LogP contribution in [0.2, 0.25) is 0 Å². The molecule has 0 saturated heterocycles. The van der Waals surface area contributed by atoms with Gasteiger partial charge < -0.3 is 9.47 Å². The standard InChI is InChI=1S/C15H24O2.H2S/c1-6-15(4,5)11-17-14-9-12(3)8-13(10-14)16-7-2;/h8-10H,6-7,11H2,1-5H3;1H2.